The number of morpholine rings is 1. The lowest BCUT2D eigenvalue weighted by atomic mass is 9.85. The summed E-state index contributed by atoms with van der Waals surface area (Å²) < 4.78 is 5.35. The van der Waals surface area contributed by atoms with Gasteiger partial charge in [-0.15, -0.1) is 11.3 Å². The van der Waals surface area contributed by atoms with Gasteiger partial charge in [-0.1, -0.05) is 45.0 Å². The number of hydrogen-bond donors (Lipinski definition) is 2. The summed E-state index contributed by atoms with van der Waals surface area (Å²) in [4.78, 5) is 31.8. The van der Waals surface area contributed by atoms with E-state index in [2.05, 4.69) is 53.6 Å². The zero-order valence-corrected chi connectivity index (χ0v) is 18.5. The molecule has 1 saturated heterocycles. The summed E-state index contributed by atoms with van der Waals surface area (Å²) in [6, 6.07) is 8.24. The maximum atomic E-state index is 12.8. The van der Waals surface area contributed by atoms with Gasteiger partial charge in [-0.25, -0.2) is 4.98 Å². The number of nitrogens with zero attached hydrogens (tertiary/aromatic N) is 2. The number of anilines is 1. The molecule has 0 radical (unpaired) electrons. The Labute approximate surface area is 180 Å². The summed E-state index contributed by atoms with van der Waals surface area (Å²) in [5.41, 5.74) is 7.18. The Kier molecular flexibility index (Phi) is 5.55. The molecule has 0 atom stereocenters. The summed E-state index contributed by atoms with van der Waals surface area (Å²) in [6.07, 6.45) is 1.56. The maximum absolute atomic E-state index is 12.8. The predicted octanol–water partition coefficient (Wildman–Crippen LogP) is 2.77. The van der Waals surface area contributed by atoms with Crippen LogP contribution in [-0.2, 0) is 20.4 Å². The molecule has 2 aromatic rings. The Balaban J connectivity index is 1.36. The molecule has 1 aliphatic carbocycles. The average molecular weight is 429 g/mol. The monoisotopic (exact) mass is 428 g/mol. The van der Waals surface area contributed by atoms with Gasteiger partial charge in [0.25, 0.3) is 5.91 Å². The van der Waals surface area contributed by atoms with Crippen molar-refractivity contribution in [1.82, 2.24) is 15.8 Å². The summed E-state index contributed by atoms with van der Waals surface area (Å²) in [5.74, 6) is -0.582. The lowest BCUT2D eigenvalue weighted by molar-refractivity contribution is -0.124. The minimum atomic E-state index is -0.551. The number of hydrogen-bond acceptors (Lipinski definition) is 6. The highest BCUT2D eigenvalue weighted by molar-refractivity contribution is 7.13. The molecule has 2 N–H and O–H groups in total. The van der Waals surface area contributed by atoms with Crippen LogP contribution in [0, 0.1) is 0 Å². The maximum Gasteiger partial charge on any atom is 0.289 e. The highest BCUT2D eigenvalue weighted by Gasteiger charge is 2.51. The zero-order chi connectivity index (χ0) is 21.4. The molecule has 1 aromatic carbocycles. The highest BCUT2D eigenvalue weighted by atomic mass is 32.1. The molecule has 0 spiro atoms. The summed E-state index contributed by atoms with van der Waals surface area (Å²) in [5, 5.41) is 2.51. The number of hydrazine groups is 1. The number of carbonyl (C=O) groups is 2. The molecule has 1 aliphatic heterocycles. The third-order valence-electron chi connectivity index (χ3n) is 5.78. The Morgan fingerprint density at radius 1 is 1.10 bits per heavy atom. The number of nitrogens with one attached hydrogen (secondary N) is 2. The van der Waals surface area contributed by atoms with E-state index < -0.39 is 11.3 Å². The van der Waals surface area contributed by atoms with Crippen LogP contribution in [0.4, 0.5) is 5.13 Å². The third-order valence-corrected chi connectivity index (χ3v) is 6.69. The standard InChI is InChI=1S/C22H28N4O3S/c1-21(2,3)15-4-6-16(7-5-15)22(8-9-22)19(28)25-24-18(27)17-14-30-20(23-17)26-10-12-29-13-11-26/h4-7,14H,8-13H2,1-3H3,(H,24,27)(H,25,28). The Hall–Kier alpha value is -2.45. The number of carbonyl (C=O) groups excluding carboxylic acids is 2. The smallest absolute Gasteiger partial charge is 0.289 e. The molecule has 30 heavy (non-hydrogen) atoms. The van der Waals surface area contributed by atoms with Gasteiger partial charge in [-0.05, 0) is 29.4 Å². The minimum Gasteiger partial charge on any atom is -0.378 e. The van der Waals surface area contributed by atoms with Crippen molar-refractivity contribution >= 4 is 28.3 Å². The molecule has 0 unspecified atom stereocenters. The molecule has 2 amide bonds. The van der Waals surface area contributed by atoms with Crippen molar-refractivity contribution in [2.75, 3.05) is 31.2 Å². The van der Waals surface area contributed by atoms with E-state index in [9.17, 15) is 9.59 Å². The van der Waals surface area contributed by atoms with Gasteiger partial charge in [-0.3, -0.25) is 20.4 Å². The molecule has 7 nitrogen and oxygen atoms in total. The van der Waals surface area contributed by atoms with Gasteiger partial charge in [0.1, 0.15) is 5.69 Å². The van der Waals surface area contributed by atoms with Crippen LogP contribution in [-0.4, -0.2) is 43.1 Å². The second-order valence-corrected chi connectivity index (χ2v) is 9.77. The van der Waals surface area contributed by atoms with Crippen LogP contribution >= 0.6 is 11.3 Å². The van der Waals surface area contributed by atoms with Crippen LogP contribution in [0.5, 0.6) is 0 Å². The fourth-order valence-corrected chi connectivity index (χ4v) is 4.49. The molecule has 8 heteroatoms. The van der Waals surface area contributed by atoms with E-state index in [0.29, 0.717) is 18.9 Å². The molecule has 160 valence electrons. The highest BCUT2D eigenvalue weighted by Crippen LogP contribution is 2.48. The van der Waals surface area contributed by atoms with Crippen LogP contribution in [0.15, 0.2) is 29.6 Å². The Morgan fingerprint density at radius 2 is 1.77 bits per heavy atom. The van der Waals surface area contributed by atoms with Crippen LogP contribution in [0.2, 0.25) is 0 Å². The zero-order valence-electron chi connectivity index (χ0n) is 17.7. The van der Waals surface area contributed by atoms with Crippen LogP contribution in [0.1, 0.15) is 55.2 Å². The van der Waals surface area contributed by atoms with E-state index in [0.717, 1.165) is 36.6 Å². The number of aromatic nitrogens is 1. The van der Waals surface area contributed by atoms with Gasteiger partial charge >= 0.3 is 0 Å². The number of thiazole rings is 1. The van der Waals surface area contributed by atoms with Gasteiger partial charge < -0.3 is 9.64 Å². The van der Waals surface area contributed by atoms with Crippen LogP contribution in [0.25, 0.3) is 0 Å². The number of amides is 2. The topological polar surface area (TPSA) is 83.6 Å². The van der Waals surface area contributed by atoms with Crippen LogP contribution < -0.4 is 15.8 Å². The van der Waals surface area contributed by atoms with E-state index in [-0.39, 0.29) is 11.3 Å². The molecule has 2 heterocycles. The van der Waals surface area contributed by atoms with E-state index in [1.807, 2.05) is 12.1 Å². The predicted molar refractivity (Wildman–Crippen MR) is 117 cm³/mol. The normalized spacial score (nSPS) is 18.0. The summed E-state index contributed by atoms with van der Waals surface area (Å²) in [7, 11) is 0. The molecular formula is C22H28N4O3S. The third kappa shape index (κ3) is 4.20. The van der Waals surface area contributed by atoms with Crippen LogP contribution in [0.3, 0.4) is 0 Å². The van der Waals surface area contributed by atoms with E-state index in [1.54, 1.807) is 5.38 Å². The van der Waals surface area contributed by atoms with Gasteiger partial charge in [0.05, 0.1) is 18.6 Å². The lowest BCUT2D eigenvalue weighted by Gasteiger charge is -2.25. The first kappa shape index (κ1) is 20.8. The largest absolute Gasteiger partial charge is 0.378 e. The Bertz CT molecular complexity index is 923. The van der Waals surface area contributed by atoms with Gasteiger partial charge in [0.15, 0.2) is 5.13 Å². The number of benzene rings is 1. The van der Waals surface area contributed by atoms with Gasteiger partial charge in [0, 0.05) is 18.5 Å². The van der Waals surface area contributed by atoms with Crippen molar-refractivity contribution in [2.24, 2.45) is 0 Å². The molecule has 2 fully saturated rings. The quantitative estimate of drug-likeness (QED) is 0.732. The van der Waals surface area contributed by atoms with E-state index >= 15 is 0 Å². The average Bonchev–Trinajstić information content (AvgIpc) is 3.41. The van der Waals surface area contributed by atoms with Gasteiger partial charge in [-0.2, -0.15) is 0 Å². The lowest BCUT2D eigenvalue weighted by Crippen LogP contribution is -2.46. The van der Waals surface area contributed by atoms with Crippen molar-refractivity contribution in [3.63, 3.8) is 0 Å². The Morgan fingerprint density at radius 3 is 2.37 bits per heavy atom. The second kappa shape index (κ2) is 8.00. The van der Waals surface area contributed by atoms with Crippen molar-refractivity contribution in [3.05, 3.63) is 46.5 Å². The van der Waals surface area contributed by atoms with E-state index in [1.165, 1.54) is 16.9 Å². The molecule has 1 aromatic heterocycles. The van der Waals surface area contributed by atoms with Crippen molar-refractivity contribution in [3.8, 4) is 0 Å². The SMILES string of the molecule is CC(C)(C)c1ccc(C2(C(=O)NNC(=O)c3csc(N4CCOCC4)n3)CC2)cc1. The molecular weight excluding hydrogens is 400 g/mol. The van der Waals surface area contributed by atoms with Crippen molar-refractivity contribution < 1.29 is 14.3 Å². The first-order valence-corrected chi connectivity index (χ1v) is 11.2. The second-order valence-electron chi connectivity index (χ2n) is 8.93. The first-order valence-electron chi connectivity index (χ1n) is 10.3. The minimum absolute atomic E-state index is 0.0685. The summed E-state index contributed by atoms with van der Waals surface area (Å²) >= 11 is 1.42. The fourth-order valence-electron chi connectivity index (χ4n) is 3.63. The van der Waals surface area contributed by atoms with Gasteiger partial charge in [0.2, 0.25) is 5.91 Å². The summed E-state index contributed by atoms with van der Waals surface area (Å²) in [6.45, 7) is 9.36. The first-order chi connectivity index (χ1) is 14.3. The number of ether oxygens (including phenoxy) is 1. The fraction of sp³-hybridized carbons (Fsp3) is 0.500. The van der Waals surface area contributed by atoms with E-state index in [4.69, 9.17) is 4.74 Å². The molecule has 4 rings (SSSR count). The molecule has 1 saturated carbocycles. The van der Waals surface area contributed by atoms with Crippen molar-refractivity contribution in [1.29, 1.82) is 0 Å². The molecule has 0 bridgehead atoms. The number of rotatable bonds is 4. The molecule has 2 aliphatic rings. The van der Waals surface area contributed by atoms with Crippen molar-refractivity contribution in [2.45, 2.75) is 44.4 Å².